The molecule has 0 aliphatic carbocycles. The Bertz CT molecular complexity index is 179. The van der Waals surface area contributed by atoms with E-state index in [9.17, 15) is 4.79 Å². The van der Waals surface area contributed by atoms with Gasteiger partial charge in [0.05, 0.1) is 6.61 Å². The molecule has 1 unspecified atom stereocenters. The molecule has 0 saturated carbocycles. The predicted molar refractivity (Wildman–Crippen MR) is 60.4 cm³/mol. The topological polar surface area (TPSA) is 26.3 Å². The average molecular weight is 282 g/mol. The van der Waals surface area contributed by atoms with Crippen LogP contribution >= 0.6 is 46.4 Å². The minimum atomic E-state index is -1.31. The molecule has 0 aliphatic rings. The summed E-state index contributed by atoms with van der Waals surface area (Å²) in [6.07, 6.45) is 1.62. The van der Waals surface area contributed by atoms with E-state index >= 15 is 0 Å². The highest BCUT2D eigenvalue weighted by molar-refractivity contribution is 6.67. The fraction of sp³-hybridized carbons (Fsp3) is 0.875. The van der Waals surface area contributed by atoms with E-state index in [4.69, 9.17) is 51.1 Å². The molecule has 0 radical (unpaired) electrons. The van der Waals surface area contributed by atoms with Gasteiger partial charge in [-0.2, -0.15) is 0 Å². The number of alkyl halides is 4. The molecule has 0 saturated heterocycles. The van der Waals surface area contributed by atoms with Crippen LogP contribution in [-0.2, 0) is 9.53 Å². The summed E-state index contributed by atoms with van der Waals surface area (Å²) in [5.74, 6) is -0.294. The minimum Gasteiger partial charge on any atom is -0.466 e. The van der Waals surface area contributed by atoms with Crippen molar-refractivity contribution in [3.05, 3.63) is 0 Å². The maximum Gasteiger partial charge on any atom is 0.302 e. The Morgan fingerprint density at radius 1 is 1.43 bits per heavy atom. The minimum absolute atomic E-state index is 0.210. The van der Waals surface area contributed by atoms with Crippen LogP contribution in [0.1, 0.15) is 26.2 Å². The molecule has 0 bridgehead atoms. The summed E-state index contributed by atoms with van der Waals surface area (Å²) in [6, 6.07) is 0. The Labute approximate surface area is 104 Å². The highest BCUT2D eigenvalue weighted by atomic mass is 35.6. The van der Waals surface area contributed by atoms with Gasteiger partial charge in [0.25, 0.3) is 0 Å². The van der Waals surface area contributed by atoms with Crippen LogP contribution in [0.15, 0.2) is 0 Å². The Morgan fingerprint density at radius 3 is 2.43 bits per heavy atom. The van der Waals surface area contributed by atoms with Crippen LogP contribution in [0.3, 0.4) is 0 Å². The summed E-state index contributed by atoms with van der Waals surface area (Å²) in [7, 11) is 0. The van der Waals surface area contributed by atoms with Crippen LogP contribution < -0.4 is 0 Å². The molecule has 0 rings (SSSR count). The molecular formula is C8H12Cl4O2. The van der Waals surface area contributed by atoms with Crippen LogP contribution in [0.2, 0.25) is 0 Å². The third kappa shape index (κ3) is 10.7. The number of hydrogen-bond acceptors (Lipinski definition) is 2. The van der Waals surface area contributed by atoms with Gasteiger partial charge in [0.15, 0.2) is 3.79 Å². The van der Waals surface area contributed by atoms with E-state index in [1.54, 1.807) is 0 Å². The molecule has 6 heteroatoms. The van der Waals surface area contributed by atoms with Gasteiger partial charge >= 0.3 is 5.97 Å². The van der Waals surface area contributed by atoms with Crippen molar-refractivity contribution in [3.8, 4) is 0 Å². The molecule has 1 atom stereocenters. The predicted octanol–water partition coefficient (Wildman–Crippen LogP) is 3.70. The van der Waals surface area contributed by atoms with E-state index in [2.05, 4.69) is 0 Å². The lowest BCUT2D eigenvalue weighted by Crippen LogP contribution is -2.12. The Balaban J connectivity index is 3.45. The third-order valence-corrected chi connectivity index (χ3v) is 2.26. The molecule has 84 valence electrons. The van der Waals surface area contributed by atoms with Crippen LogP contribution in [0, 0.1) is 0 Å². The van der Waals surface area contributed by atoms with E-state index < -0.39 is 3.79 Å². The molecule has 0 aromatic carbocycles. The third-order valence-electron chi connectivity index (χ3n) is 1.42. The summed E-state index contributed by atoms with van der Waals surface area (Å²) < 4.78 is 3.41. The molecule has 14 heavy (non-hydrogen) atoms. The lowest BCUT2D eigenvalue weighted by molar-refractivity contribution is -0.141. The van der Waals surface area contributed by atoms with Gasteiger partial charge in [0.2, 0.25) is 0 Å². The molecule has 0 aromatic rings. The van der Waals surface area contributed by atoms with Crippen LogP contribution in [0.5, 0.6) is 0 Å². The highest BCUT2D eigenvalue weighted by Gasteiger charge is 2.23. The molecule has 2 nitrogen and oxygen atoms in total. The normalized spacial score (nSPS) is 13.8. The van der Waals surface area contributed by atoms with Gasteiger partial charge in [0, 0.05) is 18.7 Å². The quantitative estimate of drug-likeness (QED) is 0.436. The van der Waals surface area contributed by atoms with E-state index in [-0.39, 0.29) is 11.3 Å². The summed E-state index contributed by atoms with van der Waals surface area (Å²) >= 11 is 22.5. The van der Waals surface area contributed by atoms with Crippen molar-refractivity contribution < 1.29 is 9.53 Å². The van der Waals surface area contributed by atoms with Gasteiger partial charge < -0.3 is 4.74 Å². The second-order valence-corrected chi connectivity index (χ2v) is 6.03. The number of esters is 1. The SMILES string of the molecule is CC(=O)OCCCC(Cl)CC(Cl)(Cl)Cl. The second kappa shape index (κ2) is 7.00. The zero-order chi connectivity index (χ0) is 11.2. The first-order valence-corrected chi connectivity index (χ1v) is 5.72. The number of carbonyl (C=O) groups is 1. The van der Waals surface area contributed by atoms with E-state index in [1.807, 2.05) is 0 Å². The van der Waals surface area contributed by atoms with E-state index in [0.717, 1.165) is 0 Å². The maximum atomic E-state index is 10.4. The monoisotopic (exact) mass is 280 g/mol. The van der Waals surface area contributed by atoms with Crippen LogP contribution in [-0.4, -0.2) is 21.7 Å². The van der Waals surface area contributed by atoms with E-state index in [1.165, 1.54) is 6.92 Å². The van der Waals surface area contributed by atoms with E-state index in [0.29, 0.717) is 25.9 Å². The van der Waals surface area contributed by atoms with Gasteiger partial charge in [-0.3, -0.25) is 4.79 Å². The average Bonchev–Trinajstić information content (AvgIpc) is 1.94. The number of ether oxygens (including phenoxy) is 1. The smallest absolute Gasteiger partial charge is 0.302 e. The van der Waals surface area contributed by atoms with Crippen molar-refractivity contribution in [2.24, 2.45) is 0 Å². The standard InChI is InChI=1S/C8H12Cl4O2/c1-6(13)14-4-2-3-7(9)5-8(10,11)12/h7H,2-5H2,1H3. The van der Waals surface area contributed by atoms with Gasteiger partial charge in [-0.1, -0.05) is 34.8 Å². The number of hydrogen-bond donors (Lipinski definition) is 0. The summed E-state index contributed by atoms with van der Waals surface area (Å²) in [6.45, 7) is 1.72. The molecule has 0 amide bonds. The maximum absolute atomic E-state index is 10.4. The van der Waals surface area contributed by atoms with Gasteiger partial charge in [-0.15, -0.1) is 11.6 Å². The Morgan fingerprint density at radius 2 is 2.00 bits per heavy atom. The van der Waals surface area contributed by atoms with Crippen molar-refractivity contribution in [1.29, 1.82) is 0 Å². The number of halogens is 4. The first kappa shape index (κ1) is 14.6. The Kier molecular flexibility index (Phi) is 7.31. The fourth-order valence-electron chi connectivity index (χ4n) is 0.874. The van der Waals surface area contributed by atoms with Gasteiger partial charge in [-0.05, 0) is 12.8 Å². The van der Waals surface area contributed by atoms with Crippen molar-refractivity contribution in [2.75, 3.05) is 6.61 Å². The molecule has 0 aromatic heterocycles. The first-order valence-electron chi connectivity index (χ1n) is 4.15. The van der Waals surface area contributed by atoms with Crippen LogP contribution in [0.25, 0.3) is 0 Å². The fourth-order valence-corrected chi connectivity index (χ4v) is 2.06. The van der Waals surface area contributed by atoms with Crippen molar-refractivity contribution in [1.82, 2.24) is 0 Å². The number of rotatable bonds is 5. The van der Waals surface area contributed by atoms with Crippen molar-refractivity contribution in [3.63, 3.8) is 0 Å². The summed E-state index contributed by atoms with van der Waals surface area (Å²) in [4.78, 5) is 10.4. The molecular weight excluding hydrogens is 270 g/mol. The molecule has 0 N–H and O–H groups in total. The lowest BCUT2D eigenvalue weighted by Gasteiger charge is -2.15. The summed E-state index contributed by atoms with van der Waals surface area (Å²) in [5, 5.41) is -0.210. The first-order chi connectivity index (χ1) is 6.31. The second-order valence-electron chi connectivity index (χ2n) is 2.90. The lowest BCUT2D eigenvalue weighted by atomic mass is 10.2. The highest BCUT2D eigenvalue weighted by Crippen LogP contribution is 2.34. The largest absolute Gasteiger partial charge is 0.466 e. The molecule has 0 heterocycles. The molecule has 0 aliphatic heterocycles. The molecule has 0 fully saturated rings. The molecule has 0 spiro atoms. The van der Waals surface area contributed by atoms with Crippen molar-refractivity contribution in [2.45, 2.75) is 35.4 Å². The Hall–Kier alpha value is 0.630. The number of carbonyl (C=O) groups excluding carboxylic acids is 1. The zero-order valence-corrected chi connectivity index (χ0v) is 10.8. The van der Waals surface area contributed by atoms with Crippen molar-refractivity contribution >= 4 is 52.4 Å². The zero-order valence-electron chi connectivity index (χ0n) is 7.73. The van der Waals surface area contributed by atoms with Crippen LogP contribution in [0.4, 0.5) is 0 Å². The summed E-state index contributed by atoms with van der Waals surface area (Å²) in [5.41, 5.74) is 0. The van der Waals surface area contributed by atoms with Gasteiger partial charge in [0.1, 0.15) is 0 Å². The van der Waals surface area contributed by atoms with Gasteiger partial charge in [-0.25, -0.2) is 0 Å².